The maximum atomic E-state index is 12.0. The minimum absolute atomic E-state index is 0.00555. The molecule has 0 heterocycles. The molecule has 2 N–H and O–H groups in total. The number of halogens is 3. The number of hydrogen-bond acceptors (Lipinski definition) is 2. The van der Waals surface area contributed by atoms with Gasteiger partial charge in [-0.1, -0.05) is 12.8 Å². The summed E-state index contributed by atoms with van der Waals surface area (Å²) in [6, 6.07) is 0.130. The summed E-state index contributed by atoms with van der Waals surface area (Å²) in [5.41, 5.74) is 5.97. The van der Waals surface area contributed by atoms with Crippen LogP contribution in [0.25, 0.3) is 0 Å². The van der Waals surface area contributed by atoms with Crippen molar-refractivity contribution in [2.24, 2.45) is 11.1 Å². The van der Waals surface area contributed by atoms with Crippen LogP contribution in [0.5, 0.6) is 0 Å². The molecule has 2 rings (SSSR count). The average molecular weight is 237 g/mol. The Kier molecular flexibility index (Phi) is 3.18. The van der Waals surface area contributed by atoms with E-state index in [4.69, 9.17) is 10.5 Å². The Morgan fingerprint density at radius 2 is 1.88 bits per heavy atom. The summed E-state index contributed by atoms with van der Waals surface area (Å²) in [4.78, 5) is 0. The molecule has 2 unspecified atom stereocenters. The predicted molar refractivity (Wildman–Crippen MR) is 53.9 cm³/mol. The number of alkyl halides is 3. The third kappa shape index (κ3) is 2.20. The van der Waals surface area contributed by atoms with Crippen LogP contribution in [-0.2, 0) is 4.74 Å². The molecule has 2 nitrogen and oxygen atoms in total. The maximum absolute atomic E-state index is 12.0. The third-order valence-electron chi connectivity index (χ3n) is 4.09. The number of rotatable bonds is 3. The molecule has 0 aromatic rings. The molecule has 1 spiro atoms. The number of ether oxygens (including phenoxy) is 1. The second-order valence-corrected chi connectivity index (χ2v) is 5.01. The van der Waals surface area contributed by atoms with Gasteiger partial charge in [0, 0.05) is 11.5 Å². The smallest absolute Gasteiger partial charge is 0.377 e. The van der Waals surface area contributed by atoms with Crippen molar-refractivity contribution in [2.75, 3.05) is 6.61 Å². The van der Waals surface area contributed by atoms with Crippen molar-refractivity contribution in [3.63, 3.8) is 0 Å². The van der Waals surface area contributed by atoms with Crippen LogP contribution in [0, 0.1) is 5.41 Å². The standard InChI is InChI=1S/C11H18F3NO/c12-11(13,14)5-6-16-9-7-8(15)10(9)3-1-2-4-10/h8-9H,1-7,15H2. The molecule has 0 bridgehead atoms. The molecule has 2 fully saturated rings. The van der Waals surface area contributed by atoms with Gasteiger partial charge in [0.15, 0.2) is 0 Å². The van der Waals surface area contributed by atoms with Crippen LogP contribution in [0.4, 0.5) is 13.2 Å². The molecular weight excluding hydrogens is 219 g/mol. The maximum Gasteiger partial charge on any atom is 0.391 e. The first kappa shape index (κ1) is 12.2. The fraction of sp³-hybridized carbons (Fsp3) is 1.00. The summed E-state index contributed by atoms with van der Waals surface area (Å²) in [5.74, 6) is 0. The highest BCUT2D eigenvalue weighted by molar-refractivity contribution is 5.08. The van der Waals surface area contributed by atoms with Gasteiger partial charge >= 0.3 is 6.18 Å². The Morgan fingerprint density at radius 1 is 1.25 bits per heavy atom. The summed E-state index contributed by atoms with van der Waals surface area (Å²) in [7, 11) is 0. The van der Waals surface area contributed by atoms with Crippen molar-refractivity contribution in [3.05, 3.63) is 0 Å². The molecule has 0 aromatic heterocycles. The van der Waals surface area contributed by atoms with E-state index in [2.05, 4.69) is 0 Å². The van der Waals surface area contributed by atoms with Crippen molar-refractivity contribution in [2.45, 2.75) is 56.8 Å². The highest BCUT2D eigenvalue weighted by atomic mass is 19.4. The second kappa shape index (κ2) is 4.18. The lowest BCUT2D eigenvalue weighted by atomic mass is 9.61. The van der Waals surface area contributed by atoms with Gasteiger partial charge in [0.1, 0.15) is 0 Å². The van der Waals surface area contributed by atoms with Gasteiger partial charge in [-0.15, -0.1) is 0 Å². The Hall–Kier alpha value is -0.290. The first-order valence-electron chi connectivity index (χ1n) is 5.88. The monoisotopic (exact) mass is 237 g/mol. The third-order valence-corrected chi connectivity index (χ3v) is 4.09. The van der Waals surface area contributed by atoms with Gasteiger partial charge in [-0.2, -0.15) is 13.2 Å². The first-order valence-corrected chi connectivity index (χ1v) is 5.88. The van der Waals surface area contributed by atoms with Gasteiger partial charge in [-0.05, 0) is 19.3 Å². The summed E-state index contributed by atoms with van der Waals surface area (Å²) in [6.07, 6.45) is 0.0175. The molecule has 2 aliphatic carbocycles. The molecule has 5 heteroatoms. The van der Waals surface area contributed by atoms with Crippen molar-refractivity contribution in [1.29, 1.82) is 0 Å². The number of nitrogens with two attached hydrogens (primary N) is 1. The zero-order valence-electron chi connectivity index (χ0n) is 9.22. The van der Waals surface area contributed by atoms with E-state index in [1.54, 1.807) is 0 Å². The van der Waals surface area contributed by atoms with Crippen LogP contribution in [0.3, 0.4) is 0 Å². The van der Waals surface area contributed by atoms with Crippen molar-refractivity contribution in [3.8, 4) is 0 Å². The molecule has 0 amide bonds. The van der Waals surface area contributed by atoms with E-state index in [9.17, 15) is 13.2 Å². The fourth-order valence-electron chi connectivity index (χ4n) is 3.06. The summed E-state index contributed by atoms with van der Waals surface area (Å²) >= 11 is 0. The van der Waals surface area contributed by atoms with E-state index >= 15 is 0 Å². The normalized spacial score (nSPS) is 33.0. The molecule has 16 heavy (non-hydrogen) atoms. The van der Waals surface area contributed by atoms with Crippen molar-refractivity contribution < 1.29 is 17.9 Å². The Labute approximate surface area is 93.3 Å². The zero-order chi connectivity index (χ0) is 11.8. The molecule has 0 saturated heterocycles. The molecule has 2 atom stereocenters. The van der Waals surface area contributed by atoms with Crippen LogP contribution < -0.4 is 5.73 Å². The minimum atomic E-state index is -4.12. The lowest BCUT2D eigenvalue weighted by molar-refractivity contribution is -0.172. The number of hydrogen-bond donors (Lipinski definition) is 1. The van der Waals surface area contributed by atoms with Crippen molar-refractivity contribution >= 4 is 0 Å². The highest BCUT2D eigenvalue weighted by Gasteiger charge is 2.55. The first-order chi connectivity index (χ1) is 7.44. The Bertz CT molecular complexity index is 248. The molecule has 94 valence electrons. The van der Waals surface area contributed by atoms with Gasteiger partial charge in [0.2, 0.25) is 0 Å². The fourth-order valence-corrected chi connectivity index (χ4v) is 3.06. The van der Waals surface area contributed by atoms with E-state index in [0.717, 1.165) is 32.1 Å². The van der Waals surface area contributed by atoms with Crippen LogP contribution in [0.2, 0.25) is 0 Å². The molecule has 0 aromatic carbocycles. The molecule has 2 saturated carbocycles. The summed E-state index contributed by atoms with van der Waals surface area (Å²) in [6.45, 7) is -0.220. The van der Waals surface area contributed by atoms with E-state index in [1.165, 1.54) is 0 Å². The van der Waals surface area contributed by atoms with Crippen LogP contribution in [0.15, 0.2) is 0 Å². The van der Waals surface area contributed by atoms with Crippen LogP contribution in [0.1, 0.15) is 38.5 Å². The SMILES string of the molecule is NC1CC(OCCC(F)(F)F)C12CCCC2. The summed E-state index contributed by atoms with van der Waals surface area (Å²) in [5, 5.41) is 0. The molecule has 0 radical (unpaired) electrons. The summed E-state index contributed by atoms with van der Waals surface area (Å²) < 4.78 is 41.3. The van der Waals surface area contributed by atoms with Gasteiger partial charge in [0.05, 0.1) is 19.1 Å². The average Bonchev–Trinajstić information content (AvgIpc) is 2.66. The quantitative estimate of drug-likeness (QED) is 0.819. The predicted octanol–water partition coefficient (Wildman–Crippen LogP) is 2.62. The Balaban J connectivity index is 1.79. The molecule has 0 aliphatic heterocycles. The van der Waals surface area contributed by atoms with Gasteiger partial charge in [-0.3, -0.25) is 0 Å². The van der Waals surface area contributed by atoms with Crippen molar-refractivity contribution in [1.82, 2.24) is 0 Å². The van der Waals surface area contributed by atoms with Gasteiger partial charge < -0.3 is 10.5 Å². The molecular formula is C11H18F3NO. The second-order valence-electron chi connectivity index (χ2n) is 5.01. The van der Waals surface area contributed by atoms with E-state index in [1.807, 2.05) is 0 Å². The zero-order valence-corrected chi connectivity index (χ0v) is 9.22. The van der Waals surface area contributed by atoms with E-state index in [-0.39, 0.29) is 24.2 Å². The Morgan fingerprint density at radius 3 is 2.38 bits per heavy atom. The van der Waals surface area contributed by atoms with Crippen LogP contribution >= 0.6 is 0 Å². The largest absolute Gasteiger partial charge is 0.391 e. The minimum Gasteiger partial charge on any atom is -0.377 e. The highest BCUT2D eigenvalue weighted by Crippen LogP contribution is 2.53. The lowest BCUT2D eigenvalue weighted by Crippen LogP contribution is -2.61. The van der Waals surface area contributed by atoms with E-state index in [0.29, 0.717) is 0 Å². The lowest BCUT2D eigenvalue weighted by Gasteiger charge is -2.52. The van der Waals surface area contributed by atoms with Crippen LogP contribution in [-0.4, -0.2) is 24.9 Å². The molecule has 2 aliphatic rings. The van der Waals surface area contributed by atoms with Gasteiger partial charge in [-0.25, -0.2) is 0 Å². The van der Waals surface area contributed by atoms with Gasteiger partial charge in [0.25, 0.3) is 0 Å². The van der Waals surface area contributed by atoms with E-state index < -0.39 is 12.6 Å². The topological polar surface area (TPSA) is 35.2 Å².